The highest BCUT2D eigenvalue weighted by Gasteiger charge is 2.00. The zero-order chi connectivity index (χ0) is 9.23. The molecule has 0 aliphatic carbocycles. The van der Waals surface area contributed by atoms with Gasteiger partial charge in [-0.1, -0.05) is 22.4 Å². The van der Waals surface area contributed by atoms with Crippen molar-refractivity contribution in [2.75, 3.05) is 18.5 Å². The number of unbranched alkanes of at least 4 members (excludes halogenated alkanes) is 2. The van der Waals surface area contributed by atoms with Crippen LogP contribution in [-0.2, 0) is 9.53 Å². The van der Waals surface area contributed by atoms with E-state index in [1.54, 1.807) is 0 Å². The third kappa shape index (κ3) is 8.21. The Balaban J connectivity index is 3.08. The SMILES string of the molecule is CCOCC(=O)CCCCCBr. The van der Waals surface area contributed by atoms with Crippen molar-refractivity contribution in [3.05, 3.63) is 0 Å². The molecule has 0 fully saturated rings. The summed E-state index contributed by atoms with van der Waals surface area (Å²) in [7, 11) is 0. The molecule has 0 heterocycles. The number of ketones is 1. The van der Waals surface area contributed by atoms with Crippen LogP contribution >= 0.6 is 15.9 Å². The zero-order valence-corrected chi connectivity index (χ0v) is 9.23. The molecule has 0 saturated heterocycles. The second-order valence-corrected chi connectivity index (χ2v) is 3.47. The molecular weight excluding hydrogens is 220 g/mol. The van der Waals surface area contributed by atoms with Crippen LogP contribution in [-0.4, -0.2) is 24.3 Å². The first-order chi connectivity index (χ1) is 5.81. The molecule has 0 aromatic rings. The van der Waals surface area contributed by atoms with Crippen LogP contribution in [0.3, 0.4) is 0 Å². The van der Waals surface area contributed by atoms with Crippen molar-refractivity contribution in [3.8, 4) is 0 Å². The molecule has 12 heavy (non-hydrogen) atoms. The molecule has 72 valence electrons. The lowest BCUT2D eigenvalue weighted by atomic mass is 10.1. The molecule has 0 amide bonds. The van der Waals surface area contributed by atoms with Gasteiger partial charge in [-0.3, -0.25) is 4.79 Å². The van der Waals surface area contributed by atoms with Gasteiger partial charge in [0.25, 0.3) is 0 Å². The van der Waals surface area contributed by atoms with Crippen LogP contribution in [0.5, 0.6) is 0 Å². The maximum atomic E-state index is 11.0. The van der Waals surface area contributed by atoms with E-state index in [0.29, 0.717) is 19.6 Å². The molecule has 0 rings (SSSR count). The Kier molecular flexibility index (Phi) is 9.28. The van der Waals surface area contributed by atoms with Crippen molar-refractivity contribution in [2.24, 2.45) is 0 Å². The summed E-state index contributed by atoms with van der Waals surface area (Å²) >= 11 is 3.35. The molecule has 0 radical (unpaired) electrons. The van der Waals surface area contributed by atoms with Crippen molar-refractivity contribution in [1.82, 2.24) is 0 Å². The Morgan fingerprint density at radius 1 is 1.33 bits per heavy atom. The van der Waals surface area contributed by atoms with E-state index in [4.69, 9.17) is 4.74 Å². The lowest BCUT2D eigenvalue weighted by Gasteiger charge is -1.99. The van der Waals surface area contributed by atoms with Gasteiger partial charge in [-0.05, 0) is 19.8 Å². The van der Waals surface area contributed by atoms with Crippen LogP contribution in [0, 0.1) is 0 Å². The standard InChI is InChI=1S/C9H17BrO2/c1-2-12-8-9(11)6-4-3-5-7-10/h2-8H2,1H3. The molecule has 0 spiro atoms. The molecule has 0 aliphatic rings. The van der Waals surface area contributed by atoms with E-state index in [1.165, 1.54) is 0 Å². The van der Waals surface area contributed by atoms with Gasteiger partial charge < -0.3 is 4.74 Å². The molecule has 0 bridgehead atoms. The average Bonchev–Trinajstić information content (AvgIpc) is 2.09. The maximum absolute atomic E-state index is 11.0. The second-order valence-electron chi connectivity index (χ2n) is 2.68. The van der Waals surface area contributed by atoms with Crippen LogP contribution in [0.15, 0.2) is 0 Å². The van der Waals surface area contributed by atoms with E-state index in [0.717, 1.165) is 24.6 Å². The van der Waals surface area contributed by atoms with Crippen molar-refractivity contribution >= 4 is 21.7 Å². The molecule has 2 nitrogen and oxygen atoms in total. The van der Waals surface area contributed by atoms with Crippen LogP contribution in [0.1, 0.15) is 32.6 Å². The number of ether oxygens (including phenoxy) is 1. The number of halogens is 1. The van der Waals surface area contributed by atoms with Crippen LogP contribution in [0.4, 0.5) is 0 Å². The summed E-state index contributed by atoms with van der Waals surface area (Å²) in [6.45, 7) is 2.83. The summed E-state index contributed by atoms with van der Waals surface area (Å²) in [5.41, 5.74) is 0. The van der Waals surface area contributed by atoms with Crippen molar-refractivity contribution in [2.45, 2.75) is 32.6 Å². The van der Waals surface area contributed by atoms with E-state index in [1.807, 2.05) is 6.92 Å². The highest BCUT2D eigenvalue weighted by molar-refractivity contribution is 9.09. The van der Waals surface area contributed by atoms with Gasteiger partial charge in [-0.2, -0.15) is 0 Å². The minimum absolute atomic E-state index is 0.228. The first-order valence-electron chi connectivity index (χ1n) is 4.46. The predicted octanol–water partition coefficient (Wildman–Crippen LogP) is 2.55. The minimum atomic E-state index is 0.228. The summed E-state index contributed by atoms with van der Waals surface area (Å²) in [5, 5.41) is 1.03. The topological polar surface area (TPSA) is 26.3 Å². The van der Waals surface area contributed by atoms with Gasteiger partial charge in [0.2, 0.25) is 0 Å². The van der Waals surface area contributed by atoms with Crippen molar-refractivity contribution in [1.29, 1.82) is 0 Å². The first-order valence-corrected chi connectivity index (χ1v) is 5.58. The normalized spacial score (nSPS) is 10.2. The second kappa shape index (κ2) is 9.20. The van der Waals surface area contributed by atoms with Gasteiger partial charge in [0.05, 0.1) is 0 Å². The summed E-state index contributed by atoms with van der Waals surface area (Å²) in [6.07, 6.45) is 3.95. The number of hydrogen-bond donors (Lipinski definition) is 0. The average molecular weight is 237 g/mol. The highest BCUT2D eigenvalue weighted by atomic mass is 79.9. The minimum Gasteiger partial charge on any atom is -0.374 e. The highest BCUT2D eigenvalue weighted by Crippen LogP contribution is 2.02. The number of carbonyl (C=O) groups excluding carboxylic acids is 1. The van der Waals surface area contributed by atoms with Gasteiger partial charge in [-0.15, -0.1) is 0 Å². The lowest BCUT2D eigenvalue weighted by molar-refractivity contribution is -0.123. The third-order valence-electron chi connectivity index (χ3n) is 1.56. The number of carbonyl (C=O) groups is 1. The predicted molar refractivity (Wildman–Crippen MR) is 53.8 cm³/mol. The molecule has 3 heteroatoms. The Morgan fingerprint density at radius 2 is 2.08 bits per heavy atom. The van der Waals surface area contributed by atoms with Crippen LogP contribution in [0.2, 0.25) is 0 Å². The van der Waals surface area contributed by atoms with E-state index in [9.17, 15) is 4.79 Å². The molecule has 0 aromatic carbocycles. The summed E-state index contributed by atoms with van der Waals surface area (Å²) in [5.74, 6) is 0.228. The molecule has 0 aliphatic heterocycles. The quantitative estimate of drug-likeness (QED) is 0.479. The zero-order valence-electron chi connectivity index (χ0n) is 7.64. The molecule has 0 N–H and O–H groups in total. The van der Waals surface area contributed by atoms with Gasteiger partial charge in [-0.25, -0.2) is 0 Å². The number of rotatable bonds is 8. The fourth-order valence-corrected chi connectivity index (χ4v) is 1.28. The number of hydrogen-bond acceptors (Lipinski definition) is 2. The number of alkyl halides is 1. The lowest BCUT2D eigenvalue weighted by Crippen LogP contribution is -2.07. The number of Topliss-reactive ketones (excluding diaryl/α,β-unsaturated/α-hetero) is 1. The van der Waals surface area contributed by atoms with E-state index in [-0.39, 0.29) is 5.78 Å². The fraction of sp³-hybridized carbons (Fsp3) is 0.889. The Bertz CT molecular complexity index is 115. The smallest absolute Gasteiger partial charge is 0.158 e. The Labute approximate surface area is 82.8 Å². The van der Waals surface area contributed by atoms with Gasteiger partial charge in [0, 0.05) is 18.4 Å². The Morgan fingerprint density at radius 3 is 2.67 bits per heavy atom. The molecule has 0 aromatic heterocycles. The van der Waals surface area contributed by atoms with Crippen LogP contribution < -0.4 is 0 Å². The summed E-state index contributed by atoms with van der Waals surface area (Å²) < 4.78 is 4.99. The summed E-state index contributed by atoms with van der Waals surface area (Å²) in [6, 6.07) is 0. The van der Waals surface area contributed by atoms with Crippen LogP contribution in [0.25, 0.3) is 0 Å². The van der Waals surface area contributed by atoms with Gasteiger partial charge >= 0.3 is 0 Å². The van der Waals surface area contributed by atoms with Crippen molar-refractivity contribution in [3.63, 3.8) is 0 Å². The van der Waals surface area contributed by atoms with Gasteiger partial charge in [0.1, 0.15) is 6.61 Å². The molecule has 0 saturated carbocycles. The Hall–Kier alpha value is 0.110. The fourth-order valence-electron chi connectivity index (χ4n) is 0.882. The van der Waals surface area contributed by atoms with E-state index in [2.05, 4.69) is 15.9 Å². The monoisotopic (exact) mass is 236 g/mol. The van der Waals surface area contributed by atoms with Crippen molar-refractivity contribution < 1.29 is 9.53 Å². The first kappa shape index (κ1) is 12.1. The summed E-state index contributed by atoms with van der Waals surface area (Å²) in [4.78, 5) is 11.0. The molecule has 0 unspecified atom stereocenters. The third-order valence-corrected chi connectivity index (χ3v) is 2.12. The largest absolute Gasteiger partial charge is 0.374 e. The van der Waals surface area contributed by atoms with Gasteiger partial charge in [0.15, 0.2) is 5.78 Å². The maximum Gasteiger partial charge on any atom is 0.158 e. The van der Waals surface area contributed by atoms with E-state index >= 15 is 0 Å². The van der Waals surface area contributed by atoms with E-state index < -0.39 is 0 Å². The molecular formula is C9H17BrO2. The molecule has 0 atom stereocenters.